The van der Waals surface area contributed by atoms with Crippen LogP contribution in [0.4, 0.5) is 0 Å². The molecule has 0 saturated carbocycles. The molecule has 0 aliphatic carbocycles. The fraction of sp³-hybridized carbons (Fsp3) is 0.750. The van der Waals surface area contributed by atoms with Crippen LogP contribution in [-0.2, 0) is 19.2 Å². The van der Waals surface area contributed by atoms with Gasteiger partial charge in [-0.05, 0) is 25.7 Å². The predicted octanol–water partition coefficient (Wildman–Crippen LogP) is -1.04. The van der Waals surface area contributed by atoms with E-state index in [-0.39, 0.29) is 17.6 Å². The van der Waals surface area contributed by atoms with Gasteiger partial charge in [0.1, 0.15) is 18.1 Å². The highest BCUT2D eigenvalue weighted by atomic mass is 32.1. The summed E-state index contributed by atoms with van der Waals surface area (Å²) in [6.45, 7) is 5.47. The molecule has 1 aliphatic rings. The second kappa shape index (κ2) is 9.77. The zero-order chi connectivity index (χ0) is 20.0. The SMILES string of the molecule is CC(N)C(=O)N1CCCC1C(=O)NC(C(=O)NC(CS)C(=O)O)C(C)C. The molecule has 0 aromatic rings. The summed E-state index contributed by atoms with van der Waals surface area (Å²) in [7, 11) is 0. The van der Waals surface area contributed by atoms with E-state index in [1.165, 1.54) is 4.90 Å². The molecule has 4 unspecified atom stereocenters. The summed E-state index contributed by atoms with van der Waals surface area (Å²) in [4.78, 5) is 49.7. The summed E-state index contributed by atoms with van der Waals surface area (Å²) >= 11 is 3.91. The lowest BCUT2D eigenvalue weighted by molar-refractivity contribution is -0.142. The molecule has 0 aromatic heterocycles. The third kappa shape index (κ3) is 5.60. The van der Waals surface area contributed by atoms with E-state index in [1.54, 1.807) is 20.8 Å². The molecule has 10 heteroatoms. The highest BCUT2D eigenvalue weighted by molar-refractivity contribution is 7.80. The van der Waals surface area contributed by atoms with Crippen LogP contribution in [0.5, 0.6) is 0 Å². The number of rotatable bonds is 8. The van der Waals surface area contributed by atoms with E-state index in [9.17, 15) is 19.2 Å². The molecule has 3 amide bonds. The van der Waals surface area contributed by atoms with E-state index in [2.05, 4.69) is 23.3 Å². The van der Waals surface area contributed by atoms with Crippen LogP contribution in [0.3, 0.4) is 0 Å². The second-order valence-corrected chi connectivity index (χ2v) is 7.16. The Morgan fingerprint density at radius 1 is 1.23 bits per heavy atom. The summed E-state index contributed by atoms with van der Waals surface area (Å²) in [5.74, 6) is -2.90. The minimum absolute atomic E-state index is 0.0703. The van der Waals surface area contributed by atoms with Gasteiger partial charge in [0, 0.05) is 12.3 Å². The molecule has 1 rings (SSSR count). The minimum atomic E-state index is -1.20. The van der Waals surface area contributed by atoms with Crippen molar-refractivity contribution in [3.8, 4) is 0 Å². The van der Waals surface area contributed by atoms with E-state index in [0.717, 1.165) is 0 Å². The molecule has 0 bridgehead atoms. The average Bonchev–Trinajstić information content (AvgIpc) is 3.05. The van der Waals surface area contributed by atoms with Crippen molar-refractivity contribution in [3.63, 3.8) is 0 Å². The maximum atomic E-state index is 12.6. The van der Waals surface area contributed by atoms with Crippen LogP contribution < -0.4 is 16.4 Å². The molecule has 0 aromatic carbocycles. The number of carbonyl (C=O) groups excluding carboxylic acids is 3. The molecule has 0 spiro atoms. The van der Waals surface area contributed by atoms with E-state index in [4.69, 9.17) is 10.8 Å². The molecular formula is C16H28N4O5S. The average molecular weight is 388 g/mol. The van der Waals surface area contributed by atoms with Gasteiger partial charge in [-0.1, -0.05) is 13.8 Å². The summed E-state index contributed by atoms with van der Waals surface area (Å²) < 4.78 is 0. The van der Waals surface area contributed by atoms with Crippen molar-refractivity contribution < 1.29 is 24.3 Å². The Morgan fingerprint density at radius 2 is 1.85 bits per heavy atom. The number of likely N-dealkylation sites (tertiary alicyclic amines) is 1. The lowest BCUT2D eigenvalue weighted by Crippen LogP contribution is -2.58. The van der Waals surface area contributed by atoms with E-state index in [1.807, 2.05) is 0 Å². The highest BCUT2D eigenvalue weighted by Gasteiger charge is 2.37. The zero-order valence-corrected chi connectivity index (χ0v) is 16.2. The minimum Gasteiger partial charge on any atom is -0.480 e. The highest BCUT2D eigenvalue weighted by Crippen LogP contribution is 2.19. The van der Waals surface area contributed by atoms with Crippen molar-refractivity contribution in [1.29, 1.82) is 0 Å². The number of carbonyl (C=O) groups is 4. The van der Waals surface area contributed by atoms with Crippen LogP contribution in [0.25, 0.3) is 0 Å². The Hall–Kier alpha value is -1.81. The summed E-state index contributed by atoms with van der Waals surface area (Å²) in [6, 6.07) is -3.45. The topological polar surface area (TPSA) is 142 Å². The van der Waals surface area contributed by atoms with Gasteiger partial charge in [0.25, 0.3) is 0 Å². The zero-order valence-electron chi connectivity index (χ0n) is 15.3. The molecule has 0 radical (unpaired) electrons. The van der Waals surface area contributed by atoms with Crippen molar-refractivity contribution in [1.82, 2.24) is 15.5 Å². The lowest BCUT2D eigenvalue weighted by atomic mass is 10.0. The number of aliphatic carboxylic acids is 1. The number of nitrogens with two attached hydrogens (primary N) is 1. The number of carboxylic acids is 1. The molecular weight excluding hydrogens is 360 g/mol. The second-order valence-electron chi connectivity index (χ2n) is 6.79. The largest absolute Gasteiger partial charge is 0.480 e. The van der Waals surface area contributed by atoms with Gasteiger partial charge in [-0.15, -0.1) is 0 Å². The number of nitrogens with zero attached hydrogens (tertiary/aromatic N) is 1. The summed E-state index contributed by atoms with van der Waals surface area (Å²) in [5, 5.41) is 14.1. The molecule has 1 saturated heterocycles. The molecule has 1 heterocycles. The van der Waals surface area contributed by atoms with Crippen molar-refractivity contribution in [2.24, 2.45) is 11.7 Å². The number of amides is 3. The number of carboxylic acid groups (broad SMARTS) is 1. The molecule has 148 valence electrons. The molecule has 4 atom stereocenters. The van der Waals surface area contributed by atoms with E-state index >= 15 is 0 Å². The van der Waals surface area contributed by atoms with Crippen LogP contribution in [0.1, 0.15) is 33.6 Å². The van der Waals surface area contributed by atoms with Gasteiger partial charge >= 0.3 is 5.97 Å². The molecule has 1 aliphatic heterocycles. The van der Waals surface area contributed by atoms with Gasteiger partial charge in [-0.25, -0.2) is 4.79 Å². The van der Waals surface area contributed by atoms with Crippen LogP contribution in [0.15, 0.2) is 0 Å². The number of hydrogen-bond donors (Lipinski definition) is 5. The first-order valence-corrected chi connectivity index (χ1v) is 9.23. The quantitative estimate of drug-likeness (QED) is 0.336. The van der Waals surface area contributed by atoms with Gasteiger partial charge in [0.05, 0.1) is 6.04 Å². The van der Waals surface area contributed by atoms with Crippen molar-refractivity contribution in [2.75, 3.05) is 12.3 Å². The fourth-order valence-electron chi connectivity index (χ4n) is 2.80. The van der Waals surface area contributed by atoms with Gasteiger partial charge in [0.2, 0.25) is 17.7 Å². The number of hydrogen-bond acceptors (Lipinski definition) is 6. The van der Waals surface area contributed by atoms with Crippen LogP contribution in [0.2, 0.25) is 0 Å². The molecule has 9 nitrogen and oxygen atoms in total. The maximum Gasteiger partial charge on any atom is 0.327 e. The predicted molar refractivity (Wildman–Crippen MR) is 98.6 cm³/mol. The van der Waals surface area contributed by atoms with Crippen molar-refractivity contribution in [3.05, 3.63) is 0 Å². The van der Waals surface area contributed by atoms with Gasteiger partial charge < -0.3 is 26.4 Å². The first kappa shape index (κ1) is 22.2. The Labute approximate surface area is 158 Å². The van der Waals surface area contributed by atoms with Gasteiger partial charge in [0.15, 0.2) is 0 Å². The summed E-state index contributed by atoms with van der Waals surface area (Å²) in [5.41, 5.74) is 5.62. The van der Waals surface area contributed by atoms with Crippen molar-refractivity contribution >= 4 is 36.3 Å². The fourth-order valence-corrected chi connectivity index (χ4v) is 3.04. The van der Waals surface area contributed by atoms with Gasteiger partial charge in [-0.2, -0.15) is 12.6 Å². The normalized spacial score (nSPS) is 20.4. The number of nitrogens with one attached hydrogen (secondary N) is 2. The standard InChI is InChI=1S/C16H28N4O5S/c1-8(2)12(14(22)18-10(7-26)16(24)25)19-13(21)11-5-4-6-20(11)15(23)9(3)17/h8-12,26H,4-7,17H2,1-3H3,(H,18,22)(H,19,21)(H,24,25). The van der Waals surface area contributed by atoms with Gasteiger partial charge in [-0.3, -0.25) is 14.4 Å². The number of thiol groups is 1. The Bertz CT molecular complexity index is 555. The Morgan fingerprint density at radius 3 is 2.31 bits per heavy atom. The third-order valence-electron chi connectivity index (χ3n) is 4.27. The first-order valence-electron chi connectivity index (χ1n) is 8.60. The van der Waals surface area contributed by atoms with Crippen LogP contribution in [-0.4, -0.2) is 70.2 Å². The Balaban J connectivity index is 2.83. The molecule has 1 fully saturated rings. The van der Waals surface area contributed by atoms with Crippen LogP contribution >= 0.6 is 12.6 Å². The van der Waals surface area contributed by atoms with Crippen LogP contribution in [0, 0.1) is 5.92 Å². The van der Waals surface area contributed by atoms with Crippen molar-refractivity contribution in [2.45, 2.75) is 57.8 Å². The maximum absolute atomic E-state index is 12.6. The van der Waals surface area contributed by atoms with E-state index < -0.39 is 42.0 Å². The molecule has 26 heavy (non-hydrogen) atoms. The first-order chi connectivity index (χ1) is 12.1. The summed E-state index contributed by atoms with van der Waals surface area (Å²) in [6.07, 6.45) is 1.17. The van der Waals surface area contributed by atoms with E-state index in [0.29, 0.717) is 19.4 Å². The lowest BCUT2D eigenvalue weighted by Gasteiger charge is -2.29. The Kier molecular flexibility index (Phi) is 8.35. The molecule has 5 N–H and O–H groups in total. The smallest absolute Gasteiger partial charge is 0.327 e. The third-order valence-corrected chi connectivity index (χ3v) is 4.64. The monoisotopic (exact) mass is 388 g/mol.